The second-order valence-electron chi connectivity index (χ2n) is 4.24. The highest BCUT2D eigenvalue weighted by Crippen LogP contribution is 2.40. The van der Waals surface area contributed by atoms with Crippen molar-refractivity contribution in [2.45, 2.75) is 37.6 Å². The lowest BCUT2D eigenvalue weighted by atomic mass is 9.97. The molecule has 1 saturated heterocycles. The number of rotatable bonds is 5. The lowest BCUT2D eigenvalue weighted by molar-refractivity contribution is -0.253. The van der Waals surface area contributed by atoms with Gasteiger partial charge in [0.05, 0.1) is 6.61 Å². The van der Waals surface area contributed by atoms with Gasteiger partial charge >= 0.3 is 7.82 Å². The molecule has 118 valence electrons. The van der Waals surface area contributed by atoms with E-state index in [0.717, 1.165) is 6.92 Å². The van der Waals surface area contributed by atoms with E-state index in [1.165, 1.54) is 7.11 Å². The average molecular weight is 315 g/mol. The van der Waals surface area contributed by atoms with Crippen LogP contribution in [0.3, 0.4) is 0 Å². The largest absolute Gasteiger partial charge is 0.472 e. The first-order valence-electron chi connectivity index (χ1n) is 5.68. The van der Waals surface area contributed by atoms with Crippen LogP contribution in [0.1, 0.15) is 6.92 Å². The van der Waals surface area contributed by atoms with Crippen molar-refractivity contribution in [2.24, 2.45) is 0 Å². The summed E-state index contributed by atoms with van der Waals surface area (Å²) in [6, 6.07) is -1.26. The topological polar surface area (TPSA) is 155 Å². The Bertz CT molecular complexity index is 386. The molecule has 0 saturated carbocycles. The lowest BCUT2D eigenvalue weighted by Gasteiger charge is -2.43. The summed E-state index contributed by atoms with van der Waals surface area (Å²) in [4.78, 5) is 28.7. The molecule has 1 heterocycles. The fourth-order valence-electron chi connectivity index (χ4n) is 1.97. The van der Waals surface area contributed by atoms with Crippen molar-refractivity contribution >= 4 is 13.7 Å². The molecule has 0 radical (unpaired) electrons. The number of aliphatic hydroxyl groups excluding tert-OH is 2. The highest BCUT2D eigenvalue weighted by atomic mass is 31.2. The first-order valence-corrected chi connectivity index (χ1v) is 7.21. The van der Waals surface area contributed by atoms with E-state index in [1.54, 1.807) is 0 Å². The number of hydrogen-bond donors (Lipinski definition) is 5. The Kier molecular flexibility index (Phi) is 6.05. The minimum atomic E-state index is -4.92. The van der Waals surface area contributed by atoms with Crippen LogP contribution in [0.15, 0.2) is 0 Å². The van der Waals surface area contributed by atoms with Crippen molar-refractivity contribution < 1.29 is 43.4 Å². The normalized spacial score (nSPS) is 34.8. The van der Waals surface area contributed by atoms with Gasteiger partial charge in [0, 0.05) is 14.0 Å². The van der Waals surface area contributed by atoms with E-state index in [2.05, 4.69) is 9.84 Å². The summed E-state index contributed by atoms with van der Waals surface area (Å²) in [6.45, 7) is 0.588. The molecule has 1 aliphatic rings. The van der Waals surface area contributed by atoms with Crippen LogP contribution in [0.5, 0.6) is 0 Å². The third-order valence-corrected chi connectivity index (χ3v) is 3.22. The first kappa shape index (κ1) is 17.5. The maximum Gasteiger partial charge on any atom is 0.472 e. The molecule has 5 N–H and O–H groups in total. The molecular weight excluding hydrogens is 297 g/mol. The number of phosphoric ester groups is 1. The van der Waals surface area contributed by atoms with Crippen molar-refractivity contribution in [3.8, 4) is 0 Å². The molecule has 1 fully saturated rings. The summed E-state index contributed by atoms with van der Waals surface area (Å²) in [6.07, 6.45) is -5.06. The Balaban J connectivity index is 2.98. The third-order valence-electron chi connectivity index (χ3n) is 2.74. The quantitative estimate of drug-likeness (QED) is 0.352. The summed E-state index contributed by atoms with van der Waals surface area (Å²) in [5, 5.41) is 21.5. The number of phosphoric acid groups is 1. The summed E-state index contributed by atoms with van der Waals surface area (Å²) in [7, 11) is -3.66. The molecule has 0 aliphatic carbocycles. The fraction of sp³-hybridized carbons (Fsp3) is 0.889. The van der Waals surface area contributed by atoms with E-state index >= 15 is 0 Å². The fourth-order valence-corrected chi connectivity index (χ4v) is 2.42. The molecule has 0 aromatic heterocycles. The van der Waals surface area contributed by atoms with Gasteiger partial charge in [0.1, 0.15) is 24.4 Å². The van der Waals surface area contributed by atoms with Crippen LogP contribution in [0.2, 0.25) is 0 Å². The summed E-state index contributed by atoms with van der Waals surface area (Å²) in [5.41, 5.74) is 0. The molecule has 0 spiro atoms. The predicted molar refractivity (Wildman–Crippen MR) is 63.3 cm³/mol. The van der Waals surface area contributed by atoms with Gasteiger partial charge in [-0.3, -0.25) is 9.32 Å². The molecule has 1 aliphatic heterocycles. The number of aliphatic hydroxyl groups is 2. The van der Waals surface area contributed by atoms with Crippen molar-refractivity contribution in [3.63, 3.8) is 0 Å². The molecule has 1 amide bonds. The molecule has 0 unspecified atom stereocenters. The molecule has 11 heteroatoms. The number of ether oxygens (including phenoxy) is 2. The predicted octanol–water partition coefficient (Wildman–Crippen LogP) is -2.31. The number of carbonyl (C=O) groups excluding carboxylic acids is 1. The van der Waals surface area contributed by atoms with Crippen LogP contribution in [-0.2, 0) is 23.4 Å². The third kappa shape index (κ3) is 4.47. The molecular formula is C9H18NO9P. The SMILES string of the molecule is CO[C@H]1[C@H](O)[C@@H](NC(C)=O)[C@@H](OP(=O)(O)O)O[C@@H]1CO. The van der Waals surface area contributed by atoms with E-state index in [9.17, 15) is 14.5 Å². The number of hydrogen-bond acceptors (Lipinski definition) is 7. The Morgan fingerprint density at radius 2 is 2.05 bits per heavy atom. The number of amides is 1. The standard InChI is InChI=1S/C9H18NO9P/c1-4(12)10-6-7(13)8(17-2)5(3-11)18-9(6)19-20(14,15)16/h5-9,11,13H,3H2,1-2H3,(H,10,12)(H2,14,15,16)/t5-,6-,7-,8-,9-/m1/s1. The van der Waals surface area contributed by atoms with Gasteiger partial charge in [-0.25, -0.2) is 4.57 Å². The molecule has 0 aromatic carbocycles. The average Bonchev–Trinajstić information content (AvgIpc) is 2.31. The van der Waals surface area contributed by atoms with Gasteiger partial charge in [0.25, 0.3) is 0 Å². The van der Waals surface area contributed by atoms with Crippen LogP contribution in [0.25, 0.3) is 0 Å². The van der Waals surface area contributed by atoms with Gasteiger partial charge in [-0.1, -0.05) is 0 Å². The van der Waals surface area contributed by atoms with E-state index < -0.39 is 51.0 Å². The van der Waals surface area contributed by atoms with Gasteiger partial charge < -0.3 is 34.8 Å². The molecule has 0 aromatic rings. The molecule has 20 heavy (non-hydrogen) atoms. The van der Waals surface area contributed by atoms with Gasteiger partial charge in [-0.15, -0.1) is 0 Å². The maximum atomic E-state index is 11.1. The Morgan fingerprint density at radius 1 is 1.45 bits per heavy atom. The van der Waals surface area contributed by atoms with Crippen LogP contribution in [0, 0.1) is 0 Å². The highest BCUT2D eigenvalue weighted by Gasteiger charge is 2.48. The number of methoxy groups -OCH3 is 1. The van der Waals surface area contributed by atoms with Gasteiger partial charge in [0.15, 0.2) is 6.29 Å². The first-order chi connectivity index (χ1) is 9.19. The van der Waals surface area contributed by atoms with Crippen molar-refractivity contribution in [3.05, 3.63) is 0 Å². The van der Waals surface area contributed by atoms with Crippen LogP contribution < -0.4 is 5.32 Å². The van der Waals surface area contributed by atoms with Gasteiger partial charge in [-0.2, -0.15) is 0 Å². The zero-order chi connectivity index (χ0) is 15.5. The van der Waals surface area contributed by atoms with Crippen molar-refractivity contribution in [1.29, 1.82) is 0 Å². The van der Waals surface area contributed by atoms with Crippen LogP contribution in [0.4, 0.5) is 0 Å². The summed E-state index contributed by atoms with van der Waals surface area (Å²) in [5.74, 6) is -0.561. The summed E-state index contributed by atoms with van der Waals surface area (Å²) >= 11 is 0. The van der Waals surface area contributed by atoms with Crippen LogP contribution in [-0.4, -0.2) is 70.3 Å². The van der Waals surface area contributed by atoms with Crippen molar-refractivity contribution in [2.75, 3.05) is 13.7 Å². The Labute approximate surface area is 114 Å². The zero-order valence-corrected chi connectivity index (χ0v) is 11.8. The van der Waals surface area contributed by atoms with Crippen molar-refractivity contribution in [1.82, 2.24) is 5.32 Å². The highest BCUT2D eigenvalue weighted by molar-refractivity contribution is 7.46. The van der Waals surface area contributed by atoms with Crippen LogP contribution >= 0.6 is 7.82 Å². The second kappa shape index (κ2) is 6.92. The van der Waals surface area contributed by atoms with Gasteiger partial charge in [-0.05, 0) is 0 Å². The molecule has 10 nitrogen and oxygen atoms in total. The van der Waals surface area contributed by atoms with Gasteiger partial charge in [0.2, 0.25) is 5.91 Å². The summed E-state index contributed by atoms with van der Waals surface area (Å²) < 4.78 is 25.4. The maximum absolute atomic E-state index is 11.1. The number of nitrogens with one attached hydrogen (secondary N) is 1. The van der Waals surface area contributed by atoms with E-state index in [-0.39, 0.29) is 0 Å². The smallest absolute Gasteiger partial charge is 0.394 e. The second-order valence-corrected chi connectivity index (χ2v) is 5.43. The molecule has 0 bridgehead atoms. The minimum absolute atomic E-state index is 0.561. The molecule has 1 rings (SSSR count). The van der Waals surface area contributed by atoms with E-state index in [0.29, 0.717) is 0 Å². The Morgan fingerprint density at radius 3 is 2.45 bits per heavy atom. The molecule has 5 atom stereocenters. The lowest BCUT2D eigenvalue weighted by Crippen LogP contribution is -2.64. The van der Waals surface area contributed by atoms with E-state index in [4.69, 9.17) is 24.4 Å². The van der Waals surface area contributed by atoms with E-state index in [1.807, 2.05) is 0 Å². The Hall–Kier alpha value is -0.580. The monoisotopic (exact) mass is 315 g/mol. The minimum Gasteiger partial charge on any atom is -0.394 e. The number of carbonyl (C=O) groups is 1. The zero-order valence-electron chi connectivity index (χ0n) is 10.9.